The number of tetrazole rings is 4. The first-order valence-electron chi connectivity index (χ1n) is 39.3. The van der Waals surface area contributed by atoms with Gasteiger partial charge in [-0.3, -0.25) is 0 Å². The number of aromatic nitrogens is 16. The molecule has 0 spiro atoms. The Kier molecular flexibility index (Phi) is 25.7. The number of nitrogens with zero attached hydrogens (tertiary/aromatic N) is 16. The van der Waals surface area contributed by atoms with Crippen molar-refractivity contribution in [1.82, 2.24) is 79.2 Å². The predicted octanol–water partition coefficient (Wildman–Crippen LogP) is 16.5. The summed E-state index contributed by atoms with van der Waals surface area (Å²) in [7, 11) is 6.28. The molecule has 4 aromatic heterocycles. The Hall–Kier alpha value is -14.7. The maximum absolute atomic E-state index is 12.3. The van der Waals surface area contributed by atoms with Gasteiger partial charge in [-0.1, -0.05) is 235 Å². The number of rotatable bonds is 20. The first kappa shape index (κ1) is 83.3. The Morgan fingerprint density at radius 2 is 0.483 bits per heavy atom. The van der Waals surface area contributed by atoms with E-state index in [9.17, 15) is 19.2 Å². The van der Waals surface area contributed by atoms with Gasteiger partial charge in [0.1, 0.15) is 72.2 Å². The van der Waals surface area contributed by atoms with Crippen LogP contribution in [0.25, 0.3) is 67.3 Å². The maximum Gasteiger partial charge on any atom is 0.368 e. The molecule has 120 heavy (non-hydrogen) atoms. The van der Waals surface area contributed by atoms with Crippen molar-refractivity contribution in [2.24, 2.45) is 28.2 Å². The van der Waals surface area contributed by atoms with Gasteiger partial charge in [-0.05, 0) is 266 Å². The molecule has 16 aromatic rings. The third-order valence-electron chi connectivity index (χ3n) is 21.0. The van der Waals surface area contributed by atoms with Crippen molar-refractivity contribution in [1.29, 1.82) is 0 Å². The Labute approximate surface area is 695 Å². The minimum atomic E-state index is -0.316. The summed E-state index contributed by atoms with van der Waals surface area (Å²) in [4.78, 5) is 49.2. The third-order valence-corrected chi connectivity index (χ3v) is 21.0. The minimum Gasteiger partial charge on any atom is -0.486 e. The predicted molar refractivity (Wildman–Crippen MR) is 468 cm³/mol. The minimum absolute atomic E-state index is 0.316. The summed E-state index contributed by atoms with van der Waals surface area (Å²) in [5.74, 6) is 2.51. The lowest BCUT2D eigenvalue weighted by Crippen LogP contribution is -2.22. The third kappa shape index (κ3) is 19.0. The summed E-state index contributed by atoms with van der Waals surface area (Å²) >= 11 is 0. The second-order valence-electron chi connectivity index (χ2n) is 30.0. The second-order valence-corrected chi connectivity index (χ2v) is 30.0. The van der Waals surface area contributed by atoms with Crippen molar-refractivity contribution in [2.45, 2.75) is 110 Å². The molecule has 4 heterocycles. The highest BCUT2D eigenvalue weighted by Gasteiger charge is 2.21. The average molecular weight is 1600 g/mol. The van der Waals surface area contributed by atoms with E-state index in [1.165, 1.54) is 104 Å². The standard InChI is InChI=1S/4C24H24N4O2/c1-16-7-5-9-19(13-16)20-11-12-21(18(3)14-20)15-30-23-17(2)8-6-10-22(23)28-24(29)27(4)25-26-28;1-16-8-5-6-10-21(16)19-12-13-20(18(3)14-19)15-30-23-17(2)9-7-11-22(23)28-24(29)27(4)25-26-28;2*1-16-8-10-19(11-9-16)20-12-13-21(18(3)14-20)15-30-23-17(2)6-5-7-22(23)28-24(29)27(4)25-26-28/h4*5-14H,15H2,1-4H3. The quantitative estimate of drug-likeness (QED) is 0.0688. The summed E-state index contributed by atoms with van der Waals surface area (Å²) < 4.78 is 34.5. The van der Waals surface area contributed by atoms with Crippen LogP contribution in [-0.4, -0.2) is 79.2 Å². The highest BCUT2D eigenvalue weighted by Crippen LogP contribution is 2.35. The molecule has 608 valence electrons. The highest BCUT2D eigenvalue weighted by molar-refractivity contribution is 5.70. The molecule has 0 aliphatic carbocycles. The largest absolute Gasteiger partial charge is 0.486 e. The number of aryl methyl sites for hydroxylation is 16. The van der Waals surface area contributed by atoms with Crippen molar-refractivity contribution in [2.75, 3.05) is 0 Å². The Balaban J connectivity index is 0.000000138. The van der Waals surface area contributed by atoms with Crippen molar-refractivity contribution < 1.29 is 18.9 Å². The van der Waals surface area contributed by atoms with E-state index in [0.717, 1.165) is 66.8 Å². The van der Waals surface area contributed by atoms with Gasteiger partial charge in [0.15, 0.2) is 0 Å². The van der Waals surface area contributed by atoms with E-state index < -0.39 is 0 Å². The molecule has 24 nitrogen and oxygen atoms in total. The van der Waals surface area contributed by atoms with Gasteiger partial charge in [0.2, 0.25) is 0 Å². The fraction of sp³-hybridized carbons (Fsp3) is 0.208. The molecule has 0 unspecified atom stereocenters. The molecule has 0 saturated heterocycles. The molecule has 0 aliphatic heterocycles. The first-order valence-corrected chi connectivity index (χ1v) is 39.3. The summed E-state index contributed by atoms with van der Waals surface area (Å²) in [6, 6.07) is 82.0. The van der Waals surface area contributed by atoms with Crippen LogP contribution in [0.2, 0.25) is 0 Å². The van der Waals surface area contributed by atoms with Crippen LogP contribution in [0, 0.1) is 83.1 Å². The second kappa shape index (κ2) is 37.1. The van der Waals surface area contributed by atoms with Crippen LogP contribution in [-0.2, 0) is 54.6 Å². The van der Waals surface area contributed by atoms with Crippen LogP contribution in [0.1, 0.15) is 89.0 Å². The summed E-state index contributed by atoms with van der Waals surface area (Å²) in [6.45, 7) is 26.1. The lowest BCUT2D eigenvalue weighted by molar-refractivity contribution is 0.301. The van der Waals surface area contributed by atoms with Gasteiger partial charge in [-0.2, -0.15) is 37.5 Å². The zero-order valence-corrected chi connectivity index (χ0v) is 70.3. The van der Waals surface area contributed by atoms with Crippen molar-refractivity contribution in [3.8, 4) is 90.3 Å². The van der Waals surface area contributed by atoms with Gasteiger partial charge in [0.25, 0.3) is 0 Å². The molecular weight excluding hydrogens is 1510 g/mol. The maximum atomic E-state index is 12.3. The van der Waals surface area contributed by atoms with Crippen LogP contribution in [0.3, 0.4) is 0 Å². The Morgan fingerprint density at radius 3 is 0.767 bits per heavy atom. The molecule has 12 aromatic carbocycles. The monoisotopic (exact) mass is 1600 g/mol. The van der Waals surface area contributed by atoms with Crippen molar-refractivity contribution >= 4 is 0 Å². The SMILES string of the molecule is Cc1cc(-c2ccccc2C)ccc1COc1c(C)cccc1-n1nnn(C)c1=O.Cc1ccc(-c2ccc(COc3c(C)cccc3-n3nnn(C)c3=O)c(C)c2)cc1.Cc1ccc(-c2ccc(COc3c(C)cccc3-n3nnn(C)c3=O)c(C)c2)cc1.Cc1cccc(-c2ccc(COc3c(C)cccc3-n3nnn(C)c3=O)c(C)c2)c1. The highest BCUT2D eigenvalue weighted by atomic mass is 16.5. The molecule has 0 amide bonds. The summed E-state index contributed by atoms with van der Waals surface area (Å²) in [5, 5.41) is 31.0. The van der Waals surface area contributed by atoms with Gasteiger partial charge in [0.05, 0.1) is 0 Å². The Bertz CT molecular complexity index is 6440. The van der Waals surface area contributed by atoms with Gasteiger partial charge in [-0.15, -0.1) is 0 Å². The van der Waals surface area contributed by atoms with E-state index in [2.05, 4.69) is 267 Å². The van der Waals surface area contributed by atoms with Gasteiger partial charge in [0, 0.05) is 28.2 Å². The molecule has 0 N–H and O–H groups in total. The molecule has 0 bridgehead atoms. The van der Waals surface area contributed by atoms with Gasteiger partial charge >= 0.3 is 22.8 Å². The van der Waals surface area contributed by atoms with E-state index in [0.29, 0.717) is 72.2 Å². The van der Waals surface area contributed by atoms with Crippen molar-refractivity contribution in [3.05, 3.63) is 374 Å². The molecule has 0 fully saturated rings. The van der Waals surface area contributed by atoms with Gasteiger partial charge < -0.3 is 18.9 Å². The van der Waals surface area contributed by atoms with E-state index in [-0.39, 0.29) is 22.8 Å². The number of hydrogen-bond acceptors (Lipinski definition) is 16. The summed E-state index contributed by atoms with van der Waals surface area (Å²) in [5.41, 5.74) is 28.3. The molecular formula is C96H96N16O8. The fourth-order valence-corrected chi connectivity index (χ4v) is 13.8. The smallest absolute Gasteiger partial charge is 0.368 e. The number of hydrogen-bond donors (Lipinski definition) is 0. The van der Waals surface area contributed by atoms with Crippen LogP contribution in [0.5, 0.6) is 23.0 Å². The normalized spacial score (nSPS) is 10.9. The van der Waals surface area contributed by atoms with Crippen LogP contribution < -0.4 is 41.7 Å². The molecule has 0 atom stereocenters. The van der Waals surface area contributed by atoms with E-state index in [4.69, 9.17) is 18.9 Å². The first-order chi connectivity index (χ1) is 57.8. The molecule has 24 heteroatoms. The molecule has 0 aliphatic rings. The number of para-hydroxylation sites is 4. The van der Waals surface area contributed by atoms with Crippen LogP contribution >= 0.6 is 0 Å². The number of benzene rings is 12. The number of ether oxygens (including phenoxy) is 4. The van der Waals surface area contributed by atoms with Crippen LogP contribution in [0.15, 0.2) is 262 Å². The van der Waals surface area contributed by atoms with Gasteiger partial charge in [-0.25, -0.2) is 19.2 Å². The zero-order valence-electron chi connectivity index (χ0n) is 70.3. The fourth-order valence-electron chi connectivity index (χ4n) is 13.8. The topological polar surface area (TPSA) is 248 Å². The molecule has 16 rings (SSSR count). The Morgan fingerprint density at radius 1 is 0.225 bits per heavy atom. The zero-order chi connectivity index (χ0) is 85.0. The van der Waals surface area contributed by atoms with E-state index in [1.54, 1.807) is 28.2 Å². The average Bonchev–Trinajstić information content (AvgIpc) is 1.72. The molecule has 0 saturated carbocycles. The lowest BCUT2D eigenvalue weighted by Gasteiger charge is -2.15. The molecule has 0 radical (unpaired) electrons. The van der Waals surface area contributed by atoms with Crippen LogP contribution in [0.4, 0.5) is 0 Å². The summed E-state index contributed by atoms with van der Waals surface area (Å²) in [6.07, 6.45) is 0. The van der Waals surface area contributed by atoms with E-state index in [1.807, 2.05) is 100 Å². The lowest BCUT2D eigenvalue weighted by atomic mass is 9.97. The van der Waals surface area contributed by atoms with Crippen molar-refractivity contribution in [3.63, 3.8) is 0 Å². The van der Waals surface area contributed by atoms with E-state index >= 15 is 0 Å².